The van der Waals surface area contributed by atoms with Crippen LogP contribution in [0.4, 0.5) is 4.79 Å². The molecule has 0 aliphatic rings. The summed E-state index contributed by atoms with van der Waals surface area (Å²) in [5.74, 6) is 0. The first kappa shape index (κ1) is 25.2. The average Bonchev–Trinajstić information content (AvgIpc) is 2.62. The van der Waals surface area contributed by atoms with Crippen LogP contribution in [-0.2, 0) is 14.8 Å². The van der Waals surface area contributed by atoms with Crippen LogP contribution in [-0.4, -0.2) is 30.5 Å². The summed E-state index contributed by atoms with van der Waals surface area (Å²) >= 11 is 0. The molecule has 0 radical (unpaired) electrons. The standard InChI is InChI=1S/C23H37NO4S/c1-7-9-10-11-12-13-14-20(8-2)24(22(25)28-23(4,5)6)29(26,27)21-17-15-19(3)16-18-21/h12-13,15-18,20H,7-11,14H2,1-6H3/b13-12+. The SMILES string of the molecule is CCCCC/C=C/CC(CC)N(C(=O)OC(C)(C)C)S(=O)(=O)c1ccc(C)cc1. The molecule has 0 saturated carbocycles. The second-order valence-electron chi connectivity index (χ2n) is 8.36. The second kappa shape index (κ2) is 11.4. The van der Waals surface area contributed by atoms with E-state index in [1.165, 1.54) is 18.6 Å². The summed E-state index contributed by atoms with van der Waals surface area (Å²) in [6, 6.07) is 6.03. The Bertz CT molecular complexity index is 761. The number of carbonyl (C=O) groups is 1. The number of aryl methyl sites for hydroxylation is 1. The molecular formula is C23H37NO4S. The van der Waals surface area contributed by atoms with Gasteiger partial charge in [0, 0.05) is 0 Å². The highest BCUT2D eigenvalue weighted by atomic mass is 32.2. The minimum Gasteiger partial charge on any atom is -0.443 e. The fourth-order valence-corrected chi connectivity index (χ4v) is 4.45. The molecule has 6 heteroatoms. The van der Waals surface area contributed by atoms with Gasteiger partial charge in [-0.2, -0.15) is 4.31 Å². The smallest absolute Gasteiger partial charge is 0.424 e. The van der Waals surface area contributed by atoms with E-state index in [-0.39, 0.29) is 4.90 Å². The molecule has 0 aromatic heterocycles. The fourth-order valence-electron chi connectivity index (χ4n) is 2.89. The largest absolute Gasteiger partial charge is 0.443 e. The topological polar surface area (TPSA) is 63.7 Å². The molecule has 164 valence electrons. The van der Waals surface area contributed by atoms with Gasteiger partial charge < -0.3 is 4.74 Å². The maximum Gasteiger partial charge on any atom is 0.424 e. The van der Waals surface area contributed by atoms with E-state index >= 15 is 0 Å². The summed E-state index contributed by atoms with van der Waals surface area (Å²) in [6.07, 6.45) is 8.60. The zero-order valence-corrected chi connectivity index (χ0v) is 19.6. The molecule has 1 amide bonds. The first-order valence-electron chi connectivity index (χ1n) is 10.5. The fraction of sp³-hybridized carbons (Fsp3) is 0.609. The van der Waals surface area contributed by atoms with Gasteiger partial charge >= 0.3 is 6.09 Å². The Morgan fingerprint density at radius 1 is 1.10 bits per heavy atom. The van der Waals surface area contributed by atoms with Gasteiger partial charge in [0.05, 0.1) is 10.9 Å². The Kier molecular flexibility index (Phi) is 9.90. The lowest BCUT2D eigenvalue weighted by atomic mass is 10.1. The van der Waals surface area contributed by atoms with Crippen LogP contribution in [0.3, 0.4) is 0 Å². The molecule has 0 N–H and O–H groups in total. The molecule has 1 rings (SSSR count). The molecule has 1 unspecified atom stereocenters. The average molecular weight is 424 g/mol. The van der Waals surface area contributed by atoms with Crippen molar-refractivity contribution in [1.29, 1.82) is 0 Å². The number of ether oxygens (including phenoxy) is 1. The first-order chi connectivity index (χ1) is 13.5. The van der Waals surface area contributed by atoms with Crippen molar-refractivity contribution >= 4 is 16.1 Å². The Balaban J connectivity index is 3.17. The van der Waals surface area contributed by atoms with Crippen LogP contribution >= 0.6 is 0 Å². The Morgan fingerprint density at radius 3 is 2.24 bits per heavy atom. The summed E-state index contributed by atoms with van der Waals surface area (Å²) < 4.78 is 33.1. The van der Waals surface area contributed by atoms with Crippen molar-refractivity contribution in [2.75, 3.05) is 0 Å². The van der Waals surface area contributed by atoms with Crippen LogP contribution in [0.1, 0.15) is 78.7 Å². The monoisotopic (exact) mass is 423 g/mol. The van der Waals surface area contributed by atoms with Crippen molar-refractivity contribution < 1.29 is 17.9 Å². The number of benzene rings is 1. The first-order valence-corrected chi connectivity index (χ1v) is 12.0. The Hall–Kier alpha value is -1.82. The molecule has 0 spiro atoms. The summed E-state index contributed by atoms with van der Waals surface area (Å²) in [7, 11) is -4.03. The van der Waals surface area contributed by atoms with E-state index in [1.807, 2.05) is 19.9 Å². The van der Waals surface area contributed by atoms with Gasteiger partial charge in [-0.3, -0.25) is 0 Å². The number of unbranched alkanes of at least 4 members (excludes halogenated alkanes) is 3. The molecule has 29 heavy (non-hydrogen) atoms. The van der Waals surface area contributed by atoms with Gasteiger partial charge in [0.25, 0.3) is 10.0 Å². The van der Waals surface area contributed by atoms with E-state index in [0.29, 0.717) is 12.8 Å². The molecule has 0 heterocycles. The van der Waals surface area contributed by atoms with E-state index in [9.17, 15) is 13.2 Å². The van der Waals surface area contributed by atoms with Crippen molar-refractivity contribution in [3.63, 3.8) is 0 Å². The highest BCUT2D eigenvalue weighted by molar-refractivity contribution is 7.89. The lowest BCUT2D eigenvalue weighted by Gasteiger charge is -2.32. The highest BCUT2D eigenvalue weighted by Gasteiger charge is 2.37. The van der Waals surface area contributed by atoms with Crippen LogP contribution < -0.4 is 0 Å². The summed E-state index contributed by atoms with van der Waals surface area (Å²) in [6.45, 7) is 11.1. The van der Waals surface area contributed by atoms with Gasteiger partial charge in [-0.05, 0) is 65.5 Å². The number of nitrogens with zero attached hydrogens (tertiary/aromatic N) is 1. The summed E-state index contributed by atoms with van der Waals surface area (Å²) in [4.78, 5) is 13.0. The third kappa shape index (κ3) is 8.21. The van der Waals surface area contributed by atoms with E-state index in [4.69, 9.17) is 4.74 Å². The lowest BCUT2D eigenvalue weighted by Crippen LogP contribution is -2.46. The van der Waals surface area contributed by atoms with E-state index in [2.05, 4.69) is 13.0 Å². The molecule has 1 atom stereocenters. The van der Waals surface area contributed by atoms with Crippen LogP contribution in [0.15, 0.2) is 41.3 Å². The zero-order valence-electron chi connectivity index (χ0n) is 18.8. The molecule has 0 fully saturated rings. The molecule has 1 aromatic rings. The summed E-state index contributed by atoms with van der Waals surface area (Å²) in [5, 5.41) is 0. The van der Waals surface area contributed by atoms with Crippen molar-refractivity contribution in [3.05, 3.63) is 42.0 Å². The van der Waals surface area contributed by atoms with Gasteiger partial charge in [-0.25, -0.2) is 13.2 Å². The maximum atomic E-state index is 13.3. The lowest BCUT2D eigenvalue weighted by molar-refractivity contribution is 0.0336. The molecule has 0 saturated heterocycles. The molecule has 0 aliphatic carbocycles. The minimum absolute atomic E-state index is 0.0966. The molecule has 1 aromatic carbocycles. The quantitative estimate of drug-likeness (QED) is 0.331. The number of hydrogen-bond donors (Lipinski definition) is 0. The van der Waals surface area contributed by atoms with Gasteiger partial charge in [0.2, 0.25) is 0 Å². The third-order valence-electron chi connectivity index (χ3n) is 4.50. The number of sulfonamides is 1. The van der Waals surface area contributed by atoms with Crippen LogP contribution in [0.2, 0.25) is 0 Å². The van der Waals surface area contributed by atoms with Gasteiger partial charge in [-0.1, -0.05) is 56.5 Å². The molecule has 0 aliphatic heterocycles. The molecular weight excluding hydrogens is 386 g/mol. The predicted octanol–water partition coefficient (Wildman–Crippen LogP) is 6.23. The normalized spacial score (nSPS) is 13.4. The highest BCUT2D eigenvalue weighted by Crippen LogP contribution is 2.25. The van der Waals surface area contributed by atoms with E-state index in [0.717, 1.165) is 29.1 Å². The Labute approximate surface area is 177 Å². The predicted molar refractivity (Wildman–Crippen MR) is 118 cm³/mol. The van der Waals surface area contributed by atoms with Crippen molar-refractivity contribution in [2.24, 2.45) is 0 Å². The number of amides is 1. The van der Waals surface area contributed by atoms with Crippen molar-refractivity contribution in [1.82, 2.24) is 4.31 Å². The van der Waals surface area contributed by atoms with Crippen LogP contribution in [0.25, 0.3) is 0 Å². The van der Waals surface area contributed by atoms with E-state index < -0.39 is 27.8 Å². The Morgan fingerprint density at radius 2 is 1.72 bits per heavy atom. The van der Waals surface area contributed by atoms with Gasteiger partial charge in [0.15, 0.2) is 0 Å². The minimum atomic E-state index is -4.03. The molecule has 0 bridgehead atoms. The van der Waals surface area contributed by atoms with Crippen LogP contribution in [0.5, 0.6) is 0 Å². The summed E-state index contributed by atoms with van der Waals surface area (Å²) in [5.41, 5.74) is 0.168. The number of hydrogen-bond acceptors (Lipinski definition) is 4. The van der Waals surface area contributed by atoms with Crippen molar-refractivity contribution in [2.45, 2.75) is 96.6 Å². The molecule has 5 nitrogen and oxygen atoms in total. The zero-order chi connectivity index (χ0) is 22.1. The maximum absolute atomic E-state index is 13.3. The van der Waals surface area contributed by atoms with Gasteiger partial charge in [0.1, 0.15) is 5.60 Å². The second-order valence-corrected chi connectivity index (χ2v) is 10.2. The van der Waals surface area contributed by atoms with E-state index in [1.54, 1.807) is 32.9 Å². The number of carbonyl (C=O) groups excluding carboxylic acids is 1. The number of rotatable bonds is 10. The van der Waals surface area contributed by atoms with Gasteiger partial charge in [-0.15, -0.1) is 0 Å². The van der Waals surface area contributed by atoms with Crippen molar-refractivity contribution in [3.8, 4) is 0 Å². The third-order valence-corrected chi connectivity index (χ3v) is 6.34. The van der Waals surface area contributed by atoms with Crippen LogP contribution in [0, 0.1) is 6.92 Å². The number of allylic oxidation sites excluding steroid dienone is 1.